The molecule has 0 aliphatic rings. The van der Waals surface area contributed by atoms with E-state index in [1.54, 1.807) is 12.1 Å². The van der Waals surface area contributed by atoms with Crippen LogP contribution in [0.25, 0.3) is 0 Å². The zero-order valence-corrected chi connectivity index (χ0v) is 14.7. The number of nitrogens with one attached hydrogen (secondary N) is 2. The van der Waals surface area contributed by atoms with Gasteiger partial charge in [0.2, 0.25) is 0 Å². The Morgan fingerprint density at radius 3 is 2.33 bits per heavy atom. The van der Waals surface area contributed by atoms with E-state index in [-0.39, 0.29) is 11.8 Å². The van der Waals surface area contributed by atoms with Gasteiger partial charge in [0.25, 0.3) is 5.91 Å². The number of carbonyl (C=O) groups excluding carboxylic acids is 1. The number of rotatable bonds is 7. The Bertz CT molecular complexity index is 679. The molecule has 126 valence electrons. The van der Waals surface area contributed by atoms with Crippen LogP contribution in [0.15, 0.2) is 67.3 Å². The smallest absolute Gasteiger partial charge is 0.265 e. The average Bonchev–Trinajstić information content (AvgIpc) is 2.63. The molecular formula is C21H26N2O. The Labute approximate surface area is 144 Å². The van der Waals surface area contributed by atoms with Crippen molar-refractivity contribution in [2.75, 3.05) is 0 Å². The van der Waals surface area contributed by atoms with E-state index in [0.29, 0.717) is 5.56 Å². The number of benzene rings is 2. The van der Waals surface area contributed by atoms with E-state index in [2.05, 4.69) is 62.5 Å². The van der Waals surface area contributed by atoms with Gasteiger partial charge >= 0.3 is 0 Å². The molecule has 3 nitrogen and oxygen atoms in total. The molecular weight excluding hydrogens is 296 g/mol. The number of hydrogen-bond donors (Lipinski definition) is 2. The third-order valence-corrected chi connectivity index (χ3v) is 4.69. The lowest BCUT2D eigenvalue weighted by atomic mass is 9.77. The minimum absolute atomic E-state index is 0.140. The van der Waals surface area contributed by atoms with Crippen molar-refractivity contribution in [2.45, 2.75) is 32.7 Å². The van der Waals surface area contributed by atoms with Crippen molar-refractivity contribution in [1.29, 1.82) is 0 Å². The average molecular weight is 322 g/mol. The molecule has 0 fully saturated rings. The normalized spacial score (nSPS) is 14.5. The summed E-state index contributed by atoms with van der Waals surface area (Å²) in [6.45, 7) is 10.2. The van der Waals surface area contributed by atoms with E-state index in [9.17, 15) is 4.79 Å². The van der Waals surface area contributed by atoms with Crippen molar-refractivity contribution in [3.8, 4) is 0 Å². The monoisotopic (exact) mass is 322 g/mol. The van der Waals surface area contributed by atoms with Gasteiger partial charge in [0.05, 0.1) is 5.54 Å². The molecule has 0 heterocycles. The topological polar surface area (TPSA) is 41.1 Å². The zero-order valence-electron chi connectivity index (χ0n) is 14.7. The molecule has 24 heavy (non-hydrogen) atoms. The molecule has 2 N–H and O–H groups in total. The first-order valence-corrected chi connectivity index (χ1v) is 8.35. The second kappa shape index (κ2) is 7.93. The summed E-state index contributed by atoms with van der Waals surface area (Å²) >= 11 is 0. The van der Waals surface area contributed by atoms with E-state index in [1.807, 2.05) is 24.3 Å². The SMILES string of the molecule is C=C[C@@H](C)[C@@](CC)(NNC(=O)c1ccccc1)c1ccc(C)cc1. The fraction of sp³-hybridized carbons (Fsp3) is 0.286. The molecule has 1 amide bonds. The van der Waals surface area contributed by atoms with Gasteiger partial charge in [-0.3, -0.25) is 10.2 Å². The third-order valence-electron chi connectivity index (χ3n) is 4.69. The molecule has 2 rings (SSSR count). The molecule has 0 aliphatic heterocycles. The molecule has 0 bridgehead atoms. The highest BCUT2D eigenvalue weighted by Crippen LogP contribution is 2.33. The van der Waals surface area contributed by atoms with Crippen molar-refractivity contribution < 1.29 is 4.79 Å². The molecule has 0 spiro atoms. The summed E-state index contributed by atoms with van der Waals surface area (Å²) in [4.78, 5) is 12.4. The van der Waals surface area contributed by atoms with Gasteiger partial charge in [-0.05, 0) is 37.0 Å². The van der Waals surface area contributed by atoms with Gasteiger partial charge in [0.1, 0.15) is 0 Å². The maximum Gasteiger partial charge on any atom is 0.265 e. The first-order valence-electron chi connectivity index (χ1n) is 8.35. The maximum atomic E-state index is 12.4. The van der Waals surface area contributed by atoms with Gasteiger partial charge in [0.15, 0.2) is 0 Å². The quantitative estimate of drug-likeness (QED) is 0.587. The van der Waals surface area contributed by atoms with E-state index in [0.717, 1.165) is 12.0 Å². The second-order valence-electron chi connectivity index (χ2n) is 6.16. The molecule has 0 unspecified atom stereocenters. The van der Waals surface area contributed by atoms with Crippen LogP contribution < -0.4 is 10.9 Å². The summed E-state index contributed by atoms with van der Waals surface area (Å²) in [5.74, 6) is -0.00178. The lowest BCUT2D eigenvalue weighted by Crippen LogP contribution is -2.55. The fourth-order valence-electron chi connectivity index (χ4n) is 2.95. The number of carbonyl (C=O) groups is 1. The Morgan fingerprint density at radius 2 is 1.79 bits per heavy atom. The minimum Gasteiger partial charge on any atom is -0.287 e. The fourth-order valence-corrected chi connectivity index (χ4v) is 2.95. The number of amides is 1. The first kappa shape index (κ1) is 18.0. The van der Waals surface area contributed by atoms with E-state index in [1.165, 1.54) is 5.56 Å². The van der Waals surface area contributed by atoms with Crippen LogP contribution in [-0.4, -0.2) is 5.91 Å². The van der Waals surface area contributed by atoms with Crippen LogP contribution in [-0.2, 0) is 5.54 Å². The van der Waals surface area contributed by atoms with Crippen molar-refractivity contribution >= 4 is 5.91 Å². The highest BCUT2D eigenvalue weighted by atomic mass is 16.2. The summed E-state index contributed by atoms with van der Waals surface area (Å²) in [5.41, 5.74) is 8.75. The summed E-state index contributed by atoms with van der Waals surface area (Å²) < 4.78 is 0. The highest BCUT2D eigenvalue weighted by molar-refractivity contribution is 5.93. The molecule has 0 aliphatic carbocycles. The highest BCUT2D eigenvalue weighted by Gasteiger charge is 2.35. The van der Waals surface area contributed by atoms with Gasteiger partial charge in [0, 0.05) is 5.56 Å². The largest absolute Gasteiger partial charge is 0.287 e. The Hall–Kier alpha value is -2.39. The van der Waals surface area contributed by atoms with E-state index < -0.39 is 5.54 Å². The molecule has 2 atom stereocenters. The number of hydrogen-bond acceptors (Lipinski definition) is 2. The second-order valence-corrected chi connectivity index (χ2v) is 6.16. The molecule has 0 saturated carbocycles. The zero-order chi connectivity index (χ0) is 17.6. The summed E-state index contributed by atoms with van der Waals surface area (Å²) in [7, 11) is 0. The number of aryl methyl sites for hydroxylation is 1. The van der Waals surface area contributed by atoms with Gasteiger partial charge < -0.3 is 0 Å². The van der Waals surface area contributed by atoms with Crippen molar-refractivity contribution in [1.82, 2.24) is 10.9 Å². The molecule has 2 aromatic rings. The van der Waals surface area contributed by atoms with Gasteiger partial charge in [-0.2, -0.15) is 0 Å². The van der Waals surface area contributed by atoms with Gasteiger partial charge in [-0.25, -0.2) is 5.43 Å². The Kier molecular flexibility index (Phi) is 5.93. The standard InChI is InChI=1S/C21H26N2O/c1-5-17(4)21(6-2,19-14-12-16(3)13-15-19)23-22-20(24)18-10-8-7-9-11-18/h5,7-15,17,23H,1,6H2,2-4H3,(H,22,24)/t17-,21-/m1/s1. The lowest BCUT2D eigenvalue weighted by Gasteiger charge is -2.39. The van der Waals surface area contributed by atoms with E-state index in [4.69, 9.17) is 0 Å². The van der Waals surface area contributed by atoms with Crippen LogP contribution in [0.3, 0.4) is 0 Å². The molecule has 0 radical (unpaired) electrons. The molecule has 2 aromatic carbocycles. The van der Waals surface area contributed by atoms with Crippen molar-refractivity contribution in [2.24, 2.45) is 5.92 Å². The molecule has 0 aromatic heterocycles. The van der Waals surface area contributed by atoms with Crippen LogP contribution in [0.1, 0.15) is 41.8 Å². The third kappa shape index (κ3) is 3.74. The van der Waals surface area contributed by atoms with Crippen LogP contribution in [0, 0.1) is 12.8 Å². The van der Waals surface area contributed by atoms with Crippen LogP contribution in [0.4, 0.5) is 0 Å². The summed E-state index contributed by atoms with van der Waals surface area (Å²) in [6.07, 6.45) is 2.74. The minimum atomic E-state index is -0.403. The maximum absolute atomic E-state index is 12.4. The Morgan fingerprint density at radius 1 is 1.17 bits per heavy atom. The lowest BCUT2D eigenvalue weighted by molar-refractivity contribution is 0.0883. The Balaban J connectivity index is 2.28. The predicted molar refractivity (Wildman–Crippen MR) is 99.6 cm³/mol. The molecule has 0 saturated heterocycles. The van der Waals surface area contributed by atoms with Crippen LogP contribution >= 0.6 is 0 Å². The predicted octanol–water partition coefficient (Wildman–Crippen LogP) is 4.36. The summed E-state index contributed by atoms with van der Waals surface area (Å²) in [5, 5.41) is 0. The van der Waals surface area contributed by atoms with Gasteiger partial charge in [-0.15, -0.1) is 6.58 Å². The van der Waals surface area contributed by atoms with Crippen LogP contribution in [0.5, 0.6) is 0 Å². The first-order chi connectivity index (χ1) is 11.5. The molecule has 3 heteroatoms. The summed E-state index contributed by atoms with van der Waals surface area (Å²) in [6, 6.07) is 17.6. The van der Waals surface area contributed by atoms with E-state index >= 15 is 0 Å². The number of hydrazine groups is 1. The van der Waals surface area contributed by atoms with Gasteiger partial charge in [-0.1, -0.05) is 68.0 Å². The van der Waals surface area contributed by atoms with Crippen LogP contribution in [0.2, 0.25) is 0 Å². The van der Waals surface area contributed by atoms with Crippen molar-refractivity contribution in [3.05, 3.63) is 83.9 Å². The van der Waals surface area contributed by atoms with Crippen molar-refractivity contribution in [3.63, 3.8) is 0 Å².